The van der Waals surface area contributed by atoms with Crippen LogP contribution in [0.4, 0.5) is 0 Å². The number of hydrogen-bond donors (Lipinski definition) is 4. The summed E-state index contributed by atoms with van der Waals surface area (Å²) >= 11 is 0. The van der Waals surface area contributed by atoms with Gasteiger partial charge in [-0.05, 0) is 6.07 Å². The minimum Gasteiger partial charge on any atom is -0.324 e. The highest BCUT2D eigenvalue weighted by atomic mass is 31.2. The summed E-state index contributed by atoms with van der Waals surface area (Å²) in [5, 5.41) is 2.33. The lowest BCUT2D eigenvalue weighted by Crippen LogP contribution is -2.04. The highest BCUT2D eigenvalue weighted by molar-refractivity contribution is 7.60. The van der Waals surface area contributed by atoms with Crippen LogP contribution in [0.25, 0.3) is 89.7 Å². The second-order valence-corrected chi connectivity index (χ2v) is 12.1. The number of nitrogens with zero attached hydrogens (tertiary/aromatic N) is 6. The number of hydrogen-bond acceptors (Lipinski definition) is 7. The van der Waals surface area contributed by atoms with E-state index < -0.39 is 7.60 Å². The number of benzene rings is 4. The standard InChI is InChI=1S/C32H19N8O3P/c41-44(42,43)23-15-7-14-22-24(23)32-39-30-21-13-6-5-12-20(21)28(37-30)35-26-17-9-2-1-8-16(17)25(33-26)34-27-18-10-3-4-11-19(18)29(36-27)38-31(22)40-32/h1-15H,(H2,41,42,43)(H2,33,34,35,36,37,38,39,40). The van der Waals surface area contributed by atoms with Crippen molar-refractivity contribution in [3.63, 3.8) is 0 Å². The van der Waals surface area contributed by atoms with E-state index in [9.17, 15) is 14.4 Å². The fourth-order valence-corrected chi connectivity index (χ4v) is 6.71. The quantitative estimate of drug-likeness (QED) is 0.175. The van der Waals surface area contributed by atoms with Crippen molar-refractivity contribution in [3.8, 4) is 45.6 Å². The summed E-state index contributed by atoms with van der Waals surface area (Å²) in [5.74, 6) is 1.67. The molecule has 0 unspecified atom stereocenters. The highest BCUT2D eigenvalue weighted by Crippen LogP contribution is 2.40. The summed E-state index contributed by atoms with van der Waals surface area (Å²) < 4.78 is 12.7. The van der Waals surface area contributed by atoms with Crippen molar-refractivity contribution >= 4 is 57.0 Å². The highest BCUT2D eigenvalue weighted by Gasteiger charge is 2.26. The van der Waals surface area contributed by atoms with Crippen LogP contribution in [0.15, 0.2) is 91.0 Å². The zero-order valence-corrected chi connectivity index (χ0v) is 23.5. The van der Waals surface area contributed by atoms with Crippen molar-refractivity contribution in [2.24, 2.45) is 0 Å². The van der Waals surface area contributed by atoms with Crippen molar-refractivity contribution < 1.29 is 14.4 Å². The monoisotopic (exact) mass is 594 g/mol. The number of nitrogens with one attached hydrogen (secondary N) is 2. The fourth-order valence-electron chi connectivity index (χ4n) is 5.91. The molecule has 0 atom stereocenters. The van der Waals surface area contributed by atoms with Gasteiger partial charge in [-0.25, -0.2) is 29.9 Å². The van der Waals surface area contributed by atoms with Crippen LogP contribution in [-0.2, 0) is 4.57 Å². The average molecular weight is 595 g/mol. The lowest BCUT2D eigenvalue weighted by atomic mass is 10.1. The molecule has 2 aliphatic heterocycles. The van der Waals surface area contributed by atoms with Gasteiger partial charge in [-0.2, -0.15) is 0 Å². The molecule has 0 spiro atoms. The third-order valence-corrected chi connectivity index (χ3v) is 8.87. The zero-order chi connectivity index (χ0) is 29.6. The Morgan fingerprint density at radius 3 is 1.32 bits per heavy atom. The zero-order valence-electron chi connectivity index (χ0n) is 22.6. The Kier molecular flexibility index (Phi) is 5.07. The van der Waals surface area contributed by atoms with Gasteiger partial charge < -0.3 is 19.8 Å². The summed E-state index contributed by atoms with van der Waals surface area (Å²) in [5.41, 5.74) is 4.83. The largest absolute Gasteiger partial charge is 0.356 e. The average Bonchev–Trinajstić information content (AvgIpc) is 3.76. The number of rotatable bonds is 1. The lowest BCUT2D eigenvalue weighted by Gasteiger charge is -2.05. The maximum atomic E-state index is 12.7. The first-order valence-corrected chi connectivity index (χ1v) is 15.3. The maximum absolute atomic E-state index is 12.7. The van der Waals surface area contributed by atoms with Crippen LogP contribution < -0.4 is 5.30 Å². The molecule has 0 amide bonds. The Labute approximate surface area is 247 Å². The molecule has 11 nitrogen and oxygen atoms in total. The molecule has 44 heavy (non-hydrogen) atoms. The summed E-state index contributed by atoms with van der Waals surface area (Å²) in [7, 11) is -4.69. The van der Waals surface area contributed by atoms with Gasteiger partial charge in [-0.15, -0.1) is 0 Å². The van der Waals surface area contributed by atoms with Crippen LogP contribution in [0.1, 0.15) is 0 Å². The van der Waals surface area contributed by atoms with E-state index >= 15 is 0 Å². The molecule has 4 aromatic carbocycles. The van der Waals surface area contributed by atoms with Crippen molar-refractivity contribution in [2.45, 2.75) is 0 Å². The predicted octanol–water partition coefficient (Wildman–Crippen LogP) is 5.67. The van der Waals surface area contributed by atoms with Gasteiger partial charge in [0.2, 0.25) is 0 Å². The van der Waals surface area contributed by atoms with Crippen molar-refractivity contribution in [2.75, 3.05) is 0 Å². The molecule has 9 rings (SSSR count). The molecule has 12 heteroatoms. The first kappa shape index (κ1) is 24.9. The fraction of sp³-hybridized carbons (Fsp3) is 0. The van der Waals surface area contributed by atoms with Gasteiger partial charge in [0.1, 0.15) is 22.6 Å². The van der Waals surface area contributed by atoms with Gasteiger partial charge in [0.05, 0.1) is 5.30 Å². The number of aromatic amines is 2. The molecule has 210 valence electrons. The third-order valence-electron chi connectivity index (χ3n) is 7.87. The molecular formula is C32H19N8O3P. The van der Waals surface area contributed by atoms with Crippen molar-refractivity contribution in [1.29, 1.82) is 0 Å². The van der Waals surface area contributed by atoms with E-state index in [-0.39, 0.29) is 16.3 Å². The van der Waals surface area contributed by atoms with E-state index in [0.29, 0.717) is 45.6 Å². The molecule has 7 aromatic rings. The maximum Gasteiger partial charge on any atom is 0.356 e. The van der Waals surface area contributed by atoms with Crippen LogP contribution >= 0.6 is 7.60 Å². The molecule has 0 saturated carbocycles. The Morgan fingerprint density at radius 2 is 0.841 bits per heavy atom. The molecule has 8 bridgehead atoms. The predicted molar refractivity (Wildman–Crippen MR) is 168 cm³/mol. The number of fused-ring (bicyclic) bond motifs is 20. The molecule has 2 aliphatic rings. The Bertz CT molecular complexity index is 2580. The molecule has 0 saturated heterocycles. The van der Waals surface area contributed by atoms with E-state index in [4.69, 9.17) is 29.9 Å². The van der Waals surface area contributed by atoms with Gasteiger partial charge in [0.15, 0.2) is 23.3 Å². The number of H-pyrrole nitrogens is 2. The Hall–Kier alpha value is -5.61. The van der Waals surface area contributed by atoms with Gasteiger partial charge in [0.25, 0.3) is 0 Å². The van der Waals surface area contributed by atoms with Gasteiger partial charge in [-0.3, -0.25) is 4.57 Å². The minimum absolute atomic E-state index is 0.161. The summed E-state index contributed by atoms with van der Waals surface area (Å²) in [4.78, 5) is 56.5. The first-order chi connectivity index (χ1) is 21.4. The van der Waals surface area contributed by atoms with E-state index in [0.717, 1.165) is 33.0 Å². The van der Waals surface area contributed by atoms with Gasteiger partial charge >= 0.3 is 7.60 Å². The Balaban J connectivity index is 1.52. The van der Waals surface area contributed by atoms with E-state index in [1.165, 1.54) is 6.07 Å². The molecule has 0 radical (unpaired) electrons. The van der Waals surface area contributed by atoms with E-state index in [2.05, 4.69) is 9.97 Å². The van der Waals surface area contributed by atoms with Gasteiger partial charge in [-0.1, -0.05) is 84.9 Å². The van der Waals surface area contributed by atoms with Crippen LogP contribution in [0.5, 0.6) is 0 Å². The normalized spacial score (nSPS) is 12.4. The van der Waals surface area contributed by atoms with E-state index in [1.807, 2.05) is 72.8 Å². The summed E-state index contributed by atoms with van der Waals surface area (Å²) in [6, 6.07) is 27.9. The minimum atomic E-state index is -4.69. The van der Waals surface area contributed by atoms with Crippen LogP contribution in [0.2, 0.25) is 0 Å². The third kappa shape index (κ3) is 3.67. The van der Waals surface area contributed by atoms with Crippen LogP contribution in [-0.4, -0.2) is 49.7 Å². The SMILES string of the molecule is O=P(O)(O)c1cccc2c3nc4nc(nc5[nH]c(nc6nc(nc([nH]3)c12)-c1ccccc1-6)c1ccccc51)-c1ccccc1-4. The van der Waals surface area contributed by atoms with Crippen molar-refractivity contribution in [3.05, 3.63) is 91.0 Å². The van der Waals surface area contributed by atoms with Crippen molar-refractivity contribution in [1.82, 2.24) is 39.9 Å². The summed E-state index contributed by atoms with van der Waals surface area (Å²) in [6.07, 6.45) is 0. The lowest BCUT2D eigenvalue weighted by molar-refractivity contribution is 0.388. The smallest absolute Gasteiger partial charge is 0.324 e. The molecular weight excluding hydrogens is 575 g/mol. The molecule has 0 fully saturated rings. The molecule has 3 aromatic heterocycles. The number of aromatic nitrogens is 8. The van der Waals surface area contributed by atoms with E-state index in [1.54, 1.807) is 12.1 Å². The molecule has 5 heterocycles. The summed E-state index contributed by atoms with van der Waals surface area (Å²) in [6.45, 7) is 0. The second kappa shape index (κ2) is 8.95. The van der Waals surface area contributed by atoms with Crippen LogP contribution in [0, 0.1) is 0 Å². The Morgan fingerprint density at radius 1 is 0.455 bits per heavy atom. The molecule has 0 aliphatic carbocycles. The second-order valence-electron chi connectivity index (χ2n) is 10.5. The van der Waals surface area contributed by atoms with Crippen LogP contribution in [0.3, 0.4) is 0 Å². The van der Waals surface area contributed by atoms with Gasteiger partial charge in [0, 0.05) is 43.8 Å². The first-order valence-electron chi connectivity index (χ1n) is 13.7. The topological polar surface area (TPSA) is 166 Å². The molecule has 4 N–H and O–H groups in total.